The summed E-state index contributed by atoms with van der Waals surface area (Å²) in [5.74, 6) is -0.935. The molecule has 0 saturated heterocycles. The van der Waals surface area contributed by atoms with Gasteiger partial charge in [0.1, 0.15) is 0 Å². The number of aliphatic carboxylic acids is 1. The van der Waals surface area contributed by atoms with Gasteiger partial charge >= 0.3 is 18.7 Å². The van der Waals surface area contributed by atoms with Gasteiger partial charge in [-0.3, -0.25) is 0 Å². The second kappa shape index (κ2) is 5.59. The molecule has 3 nitrogen and oxygen atoms in total. The van der Waals surface area contributed by atoms with E-state index in [9.17, 15) is 31.1 Å². The highest BCUT2D eigenvalue weighted by atomic mass is 19.4. The Balaban J connectivity index is 0. The molecule has 0 unspecified atom stereocenters. The average Bonchev–Trinajstić information content (AvgIpc) is 1.78. The van der Waals surface area contributed by atoms with Gasteiger partial charge in [-0.05, 0) is 6.92 Å². The van der Waals surface area contributed by atoms with Gasteiger partial charge in [0.15, 0.2) is 0 Å². The summed E-state index contributed by atoms with van der Waals surface area (Å²) < 4.78 is 65.3. The van der Waals surface area contributed by atoms with Crippen LogP contribution in [0.1, 0.15) is 6.92 Å². The summed E-state index contributed by atoms with van der Waals surface area (Å²) in [6.07, 6.45) is -11.3. The van der Waals surface area contributed by atoms with Crippen LogP contribution in [0.5, 0.6) is 0 Å². The molecular weight excluding hydrogens is 234 g/mol. The molecule has 0 aromatic heterocycles. The third-order valence-electron chi connectivity index (χ3n) is 0.597. The maximum absolute atomic E-state index is 10.6. The molecule has 9 heteroatoms. The van der Waals surface area contributed by atoms with Gasteiger partial charge in [0.05, 0.1) is 0 Å². The molecule has 0 fully saturated rings. The zero-order valence-electron chi connectivity index (χ0n) is 7.24. The van der Waals surface area contributed by atoms with Gasteiger partial charge in [0.25, 0.3) is 0 Å². The number of carboxylic acid groups (broad SMARTS) is 1. The molecule has 0 heterocycles. The van der Waals surface area contributed by atoms with Crippen molar-refractivity contribution in [3.8, 4) is 0 Å². The number of carboxylic acids is 1. The Morgan fingerprint density at radius 1 is 1.13 bits per heavy atom. The first-order valence-corrected chi connectivity index (χ1v) is 3.07. The Labute approximate surface area is 79.9 Å². The van der Waals surface area contributed by atoms with Crippen LogP contribution in [0.4, 0.5) is 26.3 Å². The molecule has 0 aliphatic rings. The summed E-state index contributed by atoms with van der Waals surface area (Å²) in [4.78, 5) is 9.60. The van der Waals surface area contributed by atoms with Crippen LogP contribution in [0.2, 0.25) is 0 Å². The molecule has 0 aromatic rings. The number of alkyl halides is 6. The van der Waals surface area contributed by atoms with Crippen molar-refractivity contribution in [2.75, 3.05) is 0 Å². The number of hydrogen-bond donors (Lipinski definition) is 1. The number of carbonyl (C=O) groups is 1. The van der Waals surface area contributed by atoms with Crippen LogP contribution >= 0.6 is 0 Å². The van der Waals surface area contributed by atoms with Crippen LogP contribution in [-0.4, -0.2) is 23.8 Å². The lowest BCUT2D eigenvalue weighted by atomic mass is 10.4. The van der Waals surface area contributed by atoms with Gasteiger partial charge in [-0.2, -0.15) is 4.74 Å². The Morgan fingerprint density at radius 3 is 1.33 bits per heavy atom. The van der Waals surface area contributed by atoms with Crippen molar-refractivity contribution in [2.45, 2.75) is 19.6 Å². The summed E-state index contributed by atoms with van der Waals surface area (Å²) in [6.45, 7) is 4.60. The molecule has 0 radical (unpaired) electrons. The maximum Gasteiger partial charge on any atom is 0.529 e. The lowest BCUT2D eigenvalue weighted by molar-refractivity contribution is -0.463. The minimum absolute atomic E-state index is 0.176. The SMILES string of the molecule is C=C(C)C(=O)O.FC(F)(F)OC(F)(F)F. The average molecular weight is 240 g/mol. The number of halogens is 6. The fourth-order valence-electron chi connectivity index (χ4n) is 0.131. The van der Waals surface area contributed by atoms with Gasteiger partial charge in [-0.15, -0.1) is 26.3 Å². The Bertz CT molecular complexity index is 204. The van der Waals surface area contributed by atoms with Crippen molar-refractivity contribution in [1.82, 2.24) is 0 Å². The van der Waals surface area contributed by atoms with E-state index in [1.54, 1.807) is 4.74 Å². The molecule has 90 valence electrons. The molecule has 0 aliphatic carbocycles. The molecule has 15 heavy (non-hydrogen) atoms. The Hall–Kier alpha value is -1.25. The molecule has 0 amide bonds. The largest absolute Gasteiger partial charge is 0.529 e. The van der Waals surface area contributed by atoms with Gasteiger partial charge in [0, 0.05) is 5.57 Å². The zero-order chi connectivity index (χ0) is 12.9. The lowest BCUT2D eigenvalue weighted by Gasteiger charge is -2.08. The summed E-state index contributed by atoms with van der Waals surface area (Å²) in [5, 5.41) is 7.89. The highest BCUT2D eigenvalue weighted by Gasteiger charge is 2.45. The highest BCUT2D eigenvalue weighted by molar-refractivity contribution is 5.84. The van der Waals surface area contributed by atoms with E-state index in [0.29, 0.717) is 0 Å². The second-order valence-electron chi connectivity index (χ2n) is 2.08. The minimum Gasteiger partial charge on any atom is -0.478 e. The highest BCUT2D eigenvalue weighted by Crippen LogP contribution is 2.28. The number of hydrogen-bond acceptors (Lipinski definition) is 2. The summed E-state index contributed by atoms with van der Waals surface area (Å²) in [7, 11) is 0. The van der Waals surface area contributed by atoms with Gasteiger partial charge in [0.2, 0.25) is 0 Å². The molecule has 0 spiro atoms. The van der Waals surface area contributed by atoms with E-state index < -0.39 is 18.7 Å². The smallest absolute Gasteiger partial charge is 0.478 e. The van der Waals surface area contributed by atoms with Gasteiger partial charge in [-0.1, -0.05) is 6.58 Å². The standard InChI is InChI=1S/C4H6O2.C2F6O/c1-3(2)4(5)6;3-1(4,5)9-2(6,7)8/h1H2,2H3,(H,5,6);. The first kappa shape index (κ1) is 16.2. The fourth-order valence-corrected chi connectivity index (χ4v) is 0.131. The second-order valence-corrected chi connectivity index (χ2v) is 2.08. The van der Waals surface area contributed by atoms with Crippen molar-refractivity contribution >= 4 is 5.97 Å². The lowest BCUT2D eigenvalue weighted by Crippen LogP contribution is -2.25. The maximum atomic E-state index is 10.6. The van der Waals surface area contributed by atoms with Crippen LogP contribution in [0.15, 0.2) is 12.2 Å². The van der Waals surface area contributed by atoms with Crippen molar-refractivity contribution < 1.29 is 41.0 Å². The third-order valence-corrected chi connectivity index (χ3v) is 0.597. The summed E-state index contributed by atoms with van der Waals surface area (Å²) in [6, 6.07) is 0. The predicted molar refractivity (Wildman–Crippen MR) is 35.6 cm³/mol. The molecule has 0 atom stereocenters. The molecule has 0 saturated carbocycles. The van der Waals surface area contributed by atoms with E-state index in [0.717, 1.165) is 0 Å². The number of ether oxygens (including phenoxy) is 1. The van der Waals surface area contributed by atoms with Crippen molar-refractivity contribution in [2.24, 2.45) is 0 Å². The van der Waals surface area contributed by atoms with E-state index in [4.69, 9.17) is 5.11 Å². The van der Waals surface area contributed by atoms with Crippen LogP contribution in [0, 0.1) is 0 Å². The molecule has 0 bridgehead atoms. The topological polar surface area (TPSA) is 46.5 Å². The number of rotatable bonds is 1. The normalized spacial score (nSPS) is 11.4. The monoisotopic (exact) mass is 240 g/mol. The first-order chi connectivity index (χ1) is 6.35. The molecule has 0 rings (SSSR count). The summed E-state index contributed by atoms with van der Waals surface area (Å²) >= 11 is 0. The quantitative estimate of drug-likeness (QED) is 0.566. The minimum atomic E-state index is -5.64. The van der Waals surface area contributed by atoms with Crippen LogP contribution in [0.3, 0.4) is 0 Å². The van der Waals surface area contributed by atoms with E-state index in [-0.39, 0.29) is 5.57 Å². The van der Waals surface area contributed by atoms with Gasteiger partial charge < -0.3 is 5.11 Å². The van der Waals surface area contributed by atoms with E-state index >= 15 is 0 Å². The summed E-state index contributed by atoms with van der Waals surface area (Å²) in [5.41, 5.74) is 0.176. The Kier molecular flexibility index (Phi) is 6.03. The van der Waals surface area contributed by atoms with Crippen molar-refractivity contribution in [3.63, 3.8) is 0 Å². The van der Waals surface area contributed by atoms with E-state index in [1.165, 1.54) is 6.92 Å². The molecule has 0 aliphatic heterocycles. The van der Waals surface area contributed by atoms with Crippen LogP contribution in [-0.2, 0) is 9.53 Å². The predicted octanol–water partition coefficient (Wildman–Crippen LogP) is 2.69. The molecule has 1 N–H and O–H groups in total. The zero-order valence-corrected chi connectivity index (χ0v) is 7.24. The fraction of sp³-hybridized carbons (Fsp3) is 0.500. The van der Waals surface area contributed by atoms with Gasteiger partial charge in [-0.25, -0.2) is 4.79 Å². The Morgan fingerprint density at radius 2 is 1.33 bits per heavy atom. The molecular formula is C6H6F6O3. The van der Waals surface area contributed by atoms with E-state index in [2.05, 4.69) is 6.58 Å². The van der Waals surface area contributed by atoms with Crippen molar-refractivity contribution in [3.05, 3.63) is 12.2 Å². The van der Waals surface area contributed by atoms with E-state index in [1.807, 2.05) is 0 Å². The van der Waals surface area contributed by atoms with Crippen molar-refractivity contribution in [1.29, 1.82) is 0 Å². The third kappa shape index (κ3) is 19.2. The first-order valence-electron chi connectivity index (χ1n) is 3.07. The molecule has 0 aromatic carbocycles. The van der Waals surface area contributed by atoms with Crippen LogP contribution < -0.4 is 0 Å². The van der Waals surface area contributed by atoms with Crippen LogP contribution in [0.25, 0.3) is 0 Å².